The molecule has 0 amide bonds. The summed E-state index contributed by atoms with van der Waals surface area (Å²) < 4.78 is 9.91. The highest BCUT2D eigenvalue weighted by Gasteiger charge is 2.21. The molecule has 1 aromatic heterocycles. The van der Waals surface area contributed by atoms with Gasteiger partial charge in [0.15, 0.2) is 5.89 Å². The van der Waals surface area contributed by atoms with Crippen LogP contribution in [-0.2, 0) is 4.74 Å². The number of aromatic nitrogens is 1. The molecule has 1 aliphatic rings. The van der Waals surface area contributed by atoms with E-state index in [4.69, 9.17) is 4.42 Å². The van der Waals surface area contributed by atoms with E-state index < -0.39 is 5.97 Å². The molecule has 1 aromatic rings. The van der Waals surface area contributed by atoms with Crippen molar-refractivity contribution in [2.45, 2.75) is 18.8 Å². The van der Waals surface area contributed by atoms with Crippen molar-refractivity contribution < 1.29 is 13.9 Å². The van der Waals surface area contributed by atoms with Gasteiger partial charge in [-0.2, -0.15) is 0 Å². The van der Waals surface area contributed by atoms with E-state index in [0.29, 0.717) is 11.8 Å². The molecule has 1 saturated heterocycles. The fourth-order valence-corrected chi connectivity index (χ4v) is 1.74. The summed E-state index contributed by atoms with van der Waals surface area (Å²) in [4.78, 5) is 15.3. The van der Waals surface area contributed by atoms with Gasteiger partial charge in [-0.25, -0.2) is 9.78 Å². The van der Waals surface area contributed by atoms with Crippen LogP contribution < -0.4 is 5.32 Å². The summed E-state index contributed by atoms with van der Waals surface area (Å²) in [5.74, 6) is 0.690. The van der Waals surface area contributed by atoms with Crippen molar-refractivity contribution in [2.75, 3.05) is 20.2 Å². The van der Waals surface area contributed by atoms with Crippen molar-refractivity contribution in [3.63, 3.8) is 0 Å². The number of ether oxygens (including phenoxy) is 1. The Balaban J connectivity index is 2.08. The molecule has 1 fully saturated rings. The van der Waals surface area contributed by atoms with Crippen molar-refractivity contribution in [1.82, 2.24) is 10.3 Å². The first-order valence-corrected chi connectivity index (χ1v) is 5.06. The predicted octanol–water partition coefficient (Wildman–Crippen LogP) is 0.928. The molecule has 2 heterocycles. The van der Waals surface area contributed by atoms with E-state index in [1.54, 1.807) is 0 Å². The predicted molar refractivity (Wildman–Crippen MR) is 52.7 cm³/mol. The molecule has 0 radical (unpaired) electrons. The van der Waals surface area contributed by atoms with Crippen LogP contribution in [0.1, 0.15) is 35.2 Å². The van der Waals surface area contributed by atoms with Crippen LogP contribution in [0.3, 0.4) is 0 Å². The lowest BCUT2D eigenvalue weighted by Crippen LogP contribution is -2.26. The van der Waals surface area contributed by atoms with Crippen LogP contribution in [0.2, 0.25) is 0 Å². The van der Waals surface area contributed by atoms with Crippen LogP contribution in [0, 0.1) is 0 Å². The van der Waals surface area contributed by atoms with Gasteiger partial charge in [0, 0.05) is 5.92 Å². The number of hydrogen-bond acceptors (Lipinski definition) is 5. The molecule has 0 atom stereocenters. The van der Waals surface area contributed by atoms with Crippen molar-refractivity contribution in [2.24, 2.45) is 0 Å². The molecule has 5 heteroatoms. The lowest BCUT2D eigenvalue weighted by molar-refractivity contribution is 0.0562. The average molecular weight is 210 g/mol. The zero-order valence-corrected chi connectivity index (χ0v) is 8.66. The lowest BCUT2D eigenvalue weighted by Gasteiger charge is -2.19. The number of carbonyl (C=O) groups excluding carboxylic acids is 1. The van der Waals surface area contributed by atoms with Gasteiger partial charge >= 0.3 is 5.97 Å². The Kier molecular flexibility index (Phi) is 3.01. The molecule has 1 aliphatic heterocycles. The largest absolute Gasteiger partial charge is 0.463 e. The van der Waals surface area contributed by atoms with Gasteiger partial charge in [0.25, 0.3) is 0 Å². The molecule has 2 rings (SSSR count). The fourth-order valence-electron chi connectivity index (χ4n) is 1.74. The molecule has 82 valence electrons. The average Bonchev–Trinajstić information content (AvgIpc) is 2.78. The van der Waals surface area contributed by atoms with Crippen molar-refractivity contribution in [3.05, 3.63) is 17.8 Å². The van der Waals surface area contributed by atoms with Crippen molar-refractivity contribution in [3.8, 4) is 0 Å². The van der Waals surface area contributed by atoms with E-state index in [9.17, 15) is 4.79 Å². The van der Waals surface area contributed by atoms with Crippen LogP contribution in [0.15, 0.2) is 10.6 Å². The number of nitrogens with zero attached hydrogens (tertiary/aromatic N) is 1. The third-order valence-corrected chi connectivity index (χ3v) is 2.60. The second-order valence-electron chi connectivity index (χ2n) is 3.58. The molecule has 0 aromatic carbocycles. The van der Waals surface area contributed by atoms with Crippen LogP contribution in [-0.4, -0.2) is 31.2 Å². The van der Waals surface area contributed by atoms with E-state index in [2.05, 4.69) is 15.0 Å². The molecular weight excluding hydrogens is 196 g/mol. The van der Waals surface area contributed by atoms with Gasteiger partial charge in [-0.3, -0.25) is 0 Å². The summed E-state index contributed by atoms with van der Waals surface area (Å²) in [6.07, 6.45) is 3.44. The van der Waals surface area contributed by atoms with E-state index >= 15 is 0 Å². The van der Waals surface area contributed by atoms with E-state index in [1.807, 2.05) is 0 Å². The molecule has 0 spiro atoms. The molecule has 15 heavy (non-hydrogen) atoms. The normalized spacial score (nSPS) is 17.7. The number of hydrogen-bond donors (Lipinski definition) is 1. The first-order chi connectivity index (χ1) is 7.31. The van der Waals surface area contributed by atoms with Crippen LogP contribution in [0.25, 0.3) is 0 Å². The van der Waals surface area contributed by atoms with Gasteiger partial charge < -0.3 is 14.5 Å². The van der Waals surface area contributed by atoms with Crippen molar-refractivity contribution >= 4 is 5.97 Å². The first-order valence-electron chi connectivity index (χ1n) is 5.06. The number of oxazole rings is 1. The third-order valence-electron chi connectivity index (χ3n) is 2.60. The molecular formula is C10H14N2O3. The topological polar surface area (TPSA) is 64.4 Å². The van der Waals surface area contributed by atoms with E-state index in [1.165, 1.54) is 13.3 Å². The summed E-state index contributed by atoms with van der Waals surface area (Å²) in [6.45, 7) is 1.95. The number of esters is 1. The summed E-state index contributed by atoms with van der Waals surface area (Å²) >= 11 is 0. The number of rotatable bonds is 2. The summed E-state index contributed by atoms with van der Waals surface area (Å²) in [7, 11) is 1.33. The number of methoxy groups -OCH3 is 1. The Morgan fingerprint density at radius 1 is 1.60 bits per heavy atom. The van der Waals surface area contributed by atoms with Crippen LogP contribution in [0.4, 0.5) is 0 Å². The fraction of sp³-hybridized carbons (Fsp3) is 0.600. The molecule has 0 bridgehead atoms. The van der Waals surface area contributed by atoms with Gasteiger partial charge in [0.05, 0.1) is 13.3 Å². The highest BCUT2D eigenvalue weighted by molar-refractivity contribution is 5.85. The second-order valence-corrected chi connectivity index (χ2v) is 3.58. The minimum atomic E-state index is -0.470. The molecule has 5 nitrogen and oxygen atoms in total. The zero-order valence-electron chi connectivity index (χ0n) is 8.66. The van der Waals surface area contributed by atoms with Gasteiger partial charge in [-0.1, -0.05) is 0 Å². The Labute approximate surface area is 87.8 Å². The van der Waals surface area contributed by atoms with Crippen LogP contribution >= 0.6 is 0 Å². The standard InChI is InChI=1S/C10H14N2O3/c1-14-10(13)8-6-12-9(15-8)7-2-4-11-5-3-7/h6-7,11H,2-5H2,1H3. The van der Waals surface area contributed by atoms with Gasteiger partial charge in [-0.05, 0) is 25.9 Å². The molecule has 1 N–H and O–H groups in total. The Morgan fingerprint density at radius 2 is 2.33 bits per heavy atom. The molecule has 0 saturated carbocycles. The second kappa shape index (κ2) is 4.44. The minimum Gasteiger partial charge on any atom is -0.463 e. The number of nitrogens with one attached hydrogen (secondary N) is 1. The van der Waals surface area contributed by atoms with E-state index in [-0.39, 0.29) is 5.76 Å². The third kappa shape index (κ3) is 2.18. The maximum absolute atomic E-state index is 11.1. The first kappa shape index (κ1) is 10.2. The maximum atomic E-state index is 11.1. The maximum Gasteiger partial charge on any atom is 0.375 e. The number of carbonyl (C=O) groups is 1. The quantitative estimate of drug-likeness (QED) is 0.735. The lowest BCUT2D eigenvalue weighted by atomic mass is 9.98. The van der Waals surface area contributed by atoms with Gasteiger partial charge in [-0.15, -0.1) is 0 Å². The Morgan fingerprint density at radius 3 is 3.00 bits per heavy atom. The molecule has 0 aliphatic carbocycles. The number of piperidine rings is 1. The van der Waals surface area contributed by atoms with E-state index in [0.717, 1.165) is 25.9 Å². The van der Waals surface area contributed by atoms with Crippen molar-refractivity contribution in [1.29, 1.82) is 0 Å². The van der Waals surface area contributed by atoms with Gasteiger partial charge in [0.1, 0.15) is 0 Å². The highest BCUT2D eigenvalue weighted by atomic mass is 16.5. The smallest absolute Gasteiger partial charge is 0.375 e. The Hall–Kier alpha value is -1.36. The summed E-state index contributed by atoms with van der Waals surface area (Å²) in [5, 5.41) is 3.26. The summed E-state index contributed by atoms with van der Waals surface area (Å²) in [5.41, 5.74) is 0. The van der Waals surface area contributed by atoms with Gasteiger partial charge in [0.2, 0.25) is 5.76 Å². The zero-order chi connectivity index (χ0) is 10.7. The summed E-state index contributed by atoms with van der Waals surface area (Å²) in [6, 6.07) is 0. The SMILES string of the molecule is COC(=O)c1cnc(C2CCNCC2)o1. The highest BCUT2D eigenvalue weighted by Crippen LogP contribution is 2.24. The molecule has 0 unspecified atom stereocenters. The Bertz CT molecular complexity index is 342. The van der Waals surface area contributed by atoms with Crippen LogP contribution in [0.5, 0.6) is 0 Å². The monoisotopic (exact) mass is 210 g/mol. The minimum absolute atomic E-state index is 0.186.